The Labute approximate surface area is 139 Å². The summed E-state index contributed by atoms with van der Waals surface area (Å²) in [6.07, 6.45) is 5.38. The predicted molar refractivity (Wildman–Crippen MR) is 54.8 cm³/mol. The van der Waals surface area contributed by atoms with Crippen LogP contribution in [0.5, 0.6) is 0 Å². The van der Waals surface area contributed by atoms with Crippen molar-refractivity contribution >= 4 is 12.4 Å². The Balaban J connectivity index is 0.00000144. The molecular formula is C9H8BF3KN3. The number of hydrogen-bond acceptors (Lipinski definition) is 2. The molecule has 17 heavy (non-hydrogen) atoms. The molecule has 0 aliphatic rings. The van der Waals surface area contributed by atoms with E-state index in [4.69, 9.17) is 0 Å². The van der Waals surface area contributed by atoms with Gasteiger partial charge in [0.25, 0.3) is 0 Å². The quantitative estimate of drug-likeness (QED) is 0.628. The van der Waals surface area contributed by atoms with Crippen LogP contribution >= 0.6 is 0 Å². The molecule has 0 fully saturated rings. The van der Waals surface area contributed by atoms with Crippen molar-refractivity contribution in [2.24, 2.45) is 0 Å². The monoisotopic (exact) mass is 265 g/mol. The van der Waals surface area contributed by atoms with Crippen molar-refractivity contribution in [2.75, 3.05) is 0 Å². The molecule has 3 nitrogen and oxygen atoms in total. The maximum Gasteiger partial charge on any atom is 1.00 e. The molecule has 0 radical (unpaired) electrons. The van der Waals surface area contributed by atoms with Crippen LogP contribution < -0.4 is 56.8 Å². The number of halogens is 3. The van der Waals surface area contributed by atoms with Gasteiger partial charge in [0.1, 0.15) is 0 Å². The van der Waals surface area contributed by atoms with Crippen LogP contribution in [0.3, 0.4) is 0 Å². The van der Waals surface area contributed by atoms with Crippen molar-refractivity contribution < 1.29 is 64.3 Å². The largest absolute Gasteiger partial charge is 1.00 e. The number of pyridine rings is 1. The summed E-state index contributed by atoms with van der Waals surface area (Å²) < 4.78 is 38.8. The third kappa shape index (κ3) is 3.65. The van der Waals surface area contributed by atoms with Crippen molar-refractivity contribution in [1.82, 2.24) is 14.8 Å². The molecule has 0 amide bonds. The molecular weight excluding hydrogens is 257 g/mol. The SMILES string of the molecule is Cc1cnn(-c2cncc([B-](F)(F)F)c2)c1.[K+]. The zero-order valence-corrected chi connectivity index (χ0v) is 12.6. The van der Waals surface area contributed by atoms with E-state index >= 15 is 0 Å². The molecule has 0 bridgehead atoms. The van der Waals surface area contributed by atoms with E-state index < -0.39 is 12.4 Å². The Morgan fingerprint density at radius 3 is 2.41 bits per heavy atom. The van der Waals surface area contributed by atoms with Gasteiger partial charge in [-0.15, -0.1) is 0 Å². The molecule has 84 valence electrons. The maximum atomic E-state index is 12.5. The third-order valence-electron chi connectivity index (χ3n) is 2.10. The Kier molecular flexibility index (Phi) is 4.97. The van der Waals surface area contributed by atoms with Gasteiger partial charge in [0.2, 0.25) is 0 Å². The van der Waals surface area contributed by atoms with Crippen LogP contribution in [0.4, 0.5) is 12.9 Å². The Morgan fingerprint density at radius 2 is 1.88 bits per heavy atom. The molecule has 0 atom stereocenters. The van der Waals surface area contributed by atoms with Crippen LogP contribution in [0, 0.1) is 6.92 Å². The van der Waals surface area contributed by atoms with Crippen LogP contribution in [0.25, 0.3) is 5.69 Å². The fourth-order valence-electron chi connectivity index (χ4n) is 1.30. The zero-order valence-electron chi connectivity index (χ0n) is 9.44. The summed E-state index contributed by atoms with van der Waals surface area (Å²) in [5, 5.41) is 3.93. The molecule has 2 rings (SSSR count). The number of nitrogens with zero attached hydrogens (tertiary/aromatic N) is 3. The Morgan fingerprint density at radius 1 is 1.18 bits per heavy atom. The van der Waals surface area contributed by atoms with Crippen molar-refractivity contribution in [3.05, 3.63) is 36.4 Å². The van der Waals surface area contributed by atoms with Gasteiger partial charge in [-0.25, -0.2) is 4.68 Å². The smallest absolute Gasteiger partial charge is 0.445 e. The van der Waals surface area contributed by atoms with Gasteiger partial charge in [-0.05, 0) is 12.5 Å². The molecule has 0 unspecified atom stereocenters. The summed E-state index contributed by atoms with van der Waals surface area (Å²) in [7, 11) is 0. The van der Waals surface area contributed by atoms with Gasteiger partial charge in [-0.3, -0.25) is 4.98 Å². The minimum atomic E-state index is -5.02. The second kappa shape index (κ2) is 5.66. The summed E-state index contributed by atoms with van der Waals surface area (Å²) in [6, 6.07) is 1.04. The fourth-order valence-corrected chi connectivity index (χ4v) is 1.30. The van der Waals surface area contributed by atoms with Gasteiger partial charge in [0.15, 0.2) is 0 Å². The van der Waals surface area contributed by atoms with E-state index in [-0.39, 0.29) is 51.4 Å². The van der Waals surface area contributed by atoms with Crippen LogP contribution in [0.15, 0.2) is 30.9 Å². The van der Waals surface area contributed by atoms with E-state index in [0.717, 1.165) is 17.8 Å². The standard InChI is InChI=1S/C9H8BF3N3.K/c1-7-3-15-16(6-7)9-2-8(4-14-5-9)10(11,12)13;/h2-6H,1H3;/q-1;+1. The van der Waals surface area contributed by atoms with Crippen molar-refractivity contribution in [3.8, 4) is 5.69 Å². The van der Waals surface area contributed by atoms with Crippen LogP contribution in [0.2, 0.25) is 0 Å². The average Bonchev–Trinajstić information content (AvgIpc) is 2.64. The molecule has 2 aromatic heterocycles. The maximum absolute atomic E-state index is 12.5. The fraction of sp³-hybridized carbons (Fsp3) is 0.111. The van der Waals surface area contributed by atoms with Gasteiger partial charge in [0.05, 0.1) is 18.1 Å². The average molecular weight is 265 g/mol. The molecule has 0 aromatic carbocycles. The first kappa shape index (κ1) is 14.9. The molecule has 0 N–H and O–H groups in total. The van der Waals surface area contributed by atoms with Gasteiger partial charge in [-0.1, -0.05) is 11.5 Å². The second-order valence-electron chi connectivity index (χ2n) is 3.51. The van der Waals surface area contributed by atoms with Gasteiger partial charge in [0, 0.05) is 12.4 Å². The number of hydrogen-bond donors (Lipinski definition) is 0. The van der Waals surface area contributed by atoms with Gasteiger partial charge < -0.3 is 12.9 Å². The third-order valence-corrected chi connectivity index (χ3v) is 2.10. The molecule has 2 aromatic rings. The van der Waals surface area contributed by atoms with E-state index in [2.05, 4.69) is 10.1 Å². The summed E-state index contributed by atoms with van der Waals surface area (Å²) in [5.41, 5.74) is 0.471. The van der Waals surface area contributed by atoms with E-state index in [9.17, 15) is 12.9 Å². The molecule has 0 saturated carbocycles. The first-order valence-electron chi connectivity index (χ1n) is 4.63. The Hall–Kier alpha value is -0.149. The number of aryl methyl sites for hydroxylation is 1. The van der Waals surface area contributed by atoms with Crippen LogP contribution in [-0.2, 0) is 0 Å². The van der Waals surface area contributed by atoms with E-state index in [1.807, 2.05) is 6.92 Å². The van der Waals surface area contributed by atoms with Crippen LogP contribution in [0.1, 0.15) is 5.56 Å². The molecule has 8 heteroatoms. The molecule has 0 aliphatic carbocycles. The van der Waals surface area contributed by atoms with Gasteiger partial charge >= 0.3 is 58.4 Å². The topological polar surface area (TPSA) is 30.7 Å². The minimum absolute atomic E-state index is 0. The summed E-state index contributed by atoms with van der Waals surface area (Å²) >= 11 is 0. The first-order valence-corrected chi connectivity index (χ1v) is 4.63. The first-order chi connectivity index (χ1) is 7.47. The van der Waals surface area contributed by atoms with Crippen molar-refractivity contribution in [1.29, 1.82) is 0 Å². The number of aromatic nitrogens is 3. The molecule has 2 heterocycles. The summed E-state index contributed by atoms with van der Waals surface area (Å²) in [4.78, 5) is 3.57. The minimum Gasteiger partial charge on any atom is -0.445 e. The Bertz CT molecular complexity index is 512. The van der Waals surface area contributed by atoms with E-state index in [1.54, 1.807) is 12.4 Å². The van der Waals surface area contributed by atoms with Crippen molar-refractivity contribution in [2.45, 2.75) is 6.92 Å². The summed E-state index contributed by atoms with van der Waals surface area (Å²) in [6.45, 7) is -3.20. The molecule has 0 saturated heterocycles. The molecule has 0 spiro atoms. The zero-order chi connectivity index (χ0) is 11.8. The van der Waals surface area contributed by atoms with E-state index in [1.165, 1.54) is 10.9 Å². The van der Waals surface area contributed by atoms with E-state index in [0.29, 0.717) is 5.69 Å². The second-order valence-corrected chi connectivity index (χ2v) is 3.51. The predicted octanol–water partition coefficient (Wildman–Crippen LogP) is -1.37. The normalized spacial score (nSPS) is 11.1. The summed E-state index contributed by atoms with van der Waals surface area (Å²) in [5.74, 6) is 0. The van der Waals surface area contributed by atoms with Crippen molar-refractivity contribution in [3.63, 3.8) is 0 Å². The van der Waals surface area contributed by atoms with Gasteiger partial charge in [-0.2, -0.15) is 5.10 Å². The molecule has 0 aliphatic heterocycles. The van der Waals surface area contributed by atoms with Crippen LogP contribution in [-0.4, -0.2) is 21.7 Å². The number of rotatable bonds is 2.